The van der Waals surface area contributed by atoms with Gasteiger partial charge in [-0.15, -0.1) is 0 Å². The van der Waals surface area contributed by atoms with Gasteiger partial charge in [-0.25, -0.2) is 4.57 Å². The topological polar surface area (TPSA) is 105 Å². The van der Waals surface area contributed by atoms with Crippen molar-refractivity contribution in [2.45, 2.75) is 59.3 Å². The molecule has 21 heavy (non-hydrogen) atoms. The lowest BCUT2D eigenvalue weighted by molar-refractivity contribution is 0.110. The fourth-order valence-corrected chi connectivity index (χ4v) is 2.36. The van der Waals surface area contributed by atoms with Gasteiger partial charge in [0.05, 0.1) is 19.8 Å². The zero-order valence-electron chi connectivity index (χ0n) is 13.4. The van der Waals surface area contributed by atoms with Gasteiger partial charge in [-0.3, -0.25) is 13.6 Å². The SMILES string of the molecule is CCCCOP(=O)(OCCCC)OCCCC.OB(O)O. The summed E-state index contributed by atoms with van der Waals surface area (Å²) in [6.07, 6.45) is 5.63. The van der Waals surface area contributed by atoms with Crippen LogP contribution in [0.1, 0.15) is 59.3 Å². The Labute approximate surface area is 128 Å². The molecule has 0 aromatic carbocycles. The first kappa shape index (κ1) is 23.3. The third-order valence-electron chi connectivity index (χ3n) is 2.24. The molecule has 0 spiro atoms. The Morgan fingerprint density at radius 1 is 0.762 bits per heavy atom. The maximum Gasteiger partial charge on any atom is 0.631 e. The number of phosphoric ester groups is 1. The van der Waals surface area contributed by atoms with Crippen molar-refractivity contribution in [1.82, 2.24) is 0 Å². The lowest BCUT2D eigenvalue weighted by Gasteiger charge is -2.17. The molecule has 0 rings (SSSR count). The smallest absolute Gasteiger partial charge is 0.402 e. The normalized spacial score (nSPS) is 11.0. The summed E-state index contributed by atoms with van der Waals surface area (Å²) >= 11 is 0. The van der Waals surface area contributed by atoms with E-state index in [1.54, 1.807) is 0 Å². The summed E-state index contributed by atoms with van der Waals surface area (Å²) in [5.74, 6) is 0. The van der Waals surface area contributed by atoms with Crippen LogP contribution in [0.15, 0.2) is 0 Å². The van der Waals surface area contributed by atoms with Crippen molar-refractivity contribution >= 4 is 15.1 Å². The molecule has 0 aromatic rings. The van der Waals surface area contributed by atoms with E-state index >= 15 is 0 Å². The average Bonchev–Trinajstić information content (AvgIpc) is 2.39. The number of phosphoric acid groups is 1. The second-order valence-corrected chi connectivity index (χ2v) is 6.02. The molecule has 128 valence electrons. The monoisotopic (exact) mass is 328 g/mol. The minimum Gasteiger partial charge on any atom is -0.402 e. The molecule has 7 nitrogen and oxygen atoms in total. The Bertz CT molecular complexity index is 218. The third kappa shape index (κ3) is 20.1. The quantitative estimate of drug-likeness (QED) is 0.287. The minimum atomic E-state index is -3.31. The van der Waals surface area contributed by atoms with Gasteiger partial charge in [0.15, 0.2) is 0 Å². The molecule has 0 aromatic heterocycles. The Morgan fingerprint density at radius 3 is 1.19 bits per heavy atom. The zero-order chi connectivity index (χ0) is 16.6. The predicted molar refractivity (Wildman–Crippen MR) is 82.6 cm³/mol. The summed E-state index contributed by atoms with van der Waals surface area (Å²) in [5.41, 5.74) is 0. The van der Waals surface area contributed by atoms with Crippen molar-refractivity contribution in [3.63, 3.8) is 0 Å². The Balaban J connectivity index is 0. The van der Waals surface area contributed by atoms with Gasteiger partial charge in [0.25, 0.3) is 0 Å². The highest BCUT2D eigenvalue weighted by atomic mass is 31.2. The van der Waals surface area contributed by atoms with Crippen LogP contribution in [0.5, 0.6) is 0 Å². The van der Waals surface area contributed by atoms with Crippen molar-refractivity contribution in [2.24, 2.45) is 0 Å². The summed E-state index contributed by atoms with van der Waals surface area (Å²) in [7, 11) is -5.48. The molecule has 0 fully saturated rings. The first-order valence-electron chi connectivity index (χ1n) is 7.49. The maximum absolute atomic E-state index is 12.2. The molecule has 0 amide bonds. The lowest BCUT2D eigenvalue weighted by Crippen LogP contribution is -2.07. The van der Waals surface area contributed by atoms with Crippen LogP contribution in [0, 0.1) is 0 Å². The third-order valence-corrected chi connectivity index (χ3v) is 3.74. The number of unbranched alkanes of at least 4 members (excludes halogenated alkanes) is 3. The van der Waals surface area contributed by atoms with Gasteiger partial charge >= 0.3 is 15.1 Å². The summed E-state index contributed by atoms with van der Waals surface area (Å²) in [5, 5.41) is 21.5. The highest BCUT2D eigenvalue weighted by molar-refractivity contribution is 7.48. The molecular formula is C12H30BO7P. The molecule has 0 saturated carbocycles. The molecule has 0 radical (unpaired) electrons. The minimum absolute atomic E-state index is 0.437. The first-order chi connectivity index (χ1) is 9.91. The van der Waals surface area contributed by atoms with Crippen LogP contribution in [0.4, 0.5) is 0 Å². The van der Waals surface area contributed by atoms with Crippen LogP contribution in [-0.4, -0.2) is 42.2 Å². The van der Waals surface area contributed by atoms with Crippen LogP contribution in [0.25, 0.3) is 0 Å². The highest BCUT2D eigenvalue weighted by Gasteiger charge is 2.25. The van der Waals surface area contributed by atoms with Crippen molar-refractivity contribution in [2.75, 3.05) is 19.8 Å². The Morgan fingerprint density at radius 2 is 1.00 bits per heavy atom. The molecular weight excluding hydrogens is 298 g/mol. The van der Waals surface area contributed by atoms with Crippen molar-refractivity contribution in [3.8, 4) is 0 Å². The summed E-state index contributed by atoms with van der Waals surface area (Å²) in [6, 6.07) is 0. The molecule has 0 bridgehead atoms. The largest absolute Gasteiger partial charge is 0.631 e. The second kappa shape index (κ2) is 16.4. The van der Waals surface area contributed by atoms with Crippen molar-refractivity contribution in [1.29, 1.82) is 0 Å². The highest BCUT2D eigenvalue weighted by Crippen LogP contribution is 2.49. The lowest BCUT2D eigenvalue weighted by atomic mass is 10.3. The van der Waals surface area contributed by atoms with E-state index < -0.39 is 15.1 Å². The van der Waals surface area contributed by atoms with Crippen molar-refractivity contribution < 1.29 is 33.2 Å². The molecule has 0 unspecified atom stereocenters. The number of hydrogen-bond donors (Lipinski definition) is 3. The van der Waals surface area contributed by atoms with E-state index in [1.807, 2.05) is 0 Å². The van der Waals surface area contributed by atoms with Gasteiger partial charge in [-0.2, -0.15) is 0 Å². The molecule has 3 N–H and O–H groups in total. The van der Waals surface area contributed by atoms with Crippen LogP contribution < -0.4 is 0 Å². The Kier molecular flexibility index (Phi) is 18.2. The molecule has 0 saturated heterocycles. The van der Waals surface area contributed by atoms with Crippen LogP contribution in [0.2, 0.25) is 0 Å². The van der Waals surface area contributed by atoms with Gasteiger partial charge in [0, 0.05) is 0 Å². The van der Waals surface area contributed by atoms with Crippen LogP contribution in [0.3, 0.4) is 0 Å². The van der Waals surface area contributed by atoms with E-state index in [4.69, 9.17) is 28.6 Å². The molecule has 0 atom stereocenters. The molecule has 0 heterocycles. The van der Waals surface area contributed by atoms with Gasteiger partial charge in [-0.05, 0) is 19.3 Å². The van der Waals surface area contributed by atoms with Crippen LogP contribution >= 0.6 is 7.82 Å². The van der Waals surface area contributed by atoms with E-state index in [0.717, 1.165) is 38.5 Å². The summed E-state index contributed by atoms with van der Waals surface area (Å²) in [4.78, 5) is 0. The van der Waals surface area contributed by atoms with E-state index in [9.17, 15) is 4.57 Å². The standard InChI is InChI=1S/C12H27O4P.BH3O3/c1-4-7-10-14-17(13,15-11-8-5-2)16-12-9-6-3;2-1(3)4/h4-12H2,1-3H3;2-4H. The predicted octanol–water partition coefficient (Wildman–Crippen LogP) is 2.49. The zero-order valence-corrected chi connectivity index (χ0v) is 14.3. The van der Waals surface area contributed by atoms with Gasteiger partial charge in [0.1, 0.15) is 0 Å². The van der Waals surface area contributed by atoms with E-state index in [2.05, 4.69) is 20.8 Å². The number of rotatable bonds is 12. The molecule has 9 heteroatoms. The number of hydrogen-bond acceptors (Lipinski definition) is 7. The average molecular weight is 328 g/mol. The Hall–Kier alpha value is 0.0549. The fraction of sp³-hybridized carbons (Fsp3) is 1.00. The van der Waals surface area contributed by atoms with Crippen molar-refractivity contribution in [3.05, 3.63) is 0 Å². The second-order valence-electron chi connectivity index (χ2n) is 4.35. The first-order valence-corrected chi connectivity index (χ1v) is 8.95. The summed E-state index contributed by atoms with van der Waals surface area (Å²) < 4.78 is 28.0. The fourth-order valence-electron chi connectivity index (χ4n) is 1.07. The molecule has 0 aliphatic rings. The molecule has 0 aliphatic heterocycles. The van der Waals surface area contributed by atoms with Gasteiger partial charge < -0.3 is 15.1 Å². The van der Waals surface area contributed by atoms with Crippen LogP contribution in [-0.2, 0) is 18.1 Å². The van der Waals surface area contributed by atoms with Gasteiger partial charge in [-0.1, -0.05) is 40.0 Å². The van der Waals surface area contributed by atoms with E-state index in [0.29, 0.717) is 19.8 Å². The van der Waals surface area contributed by atoms with E-state index in [1.165, 1.54) is 0 Å². The summed E-state index contributed by atoms with van der Waals surface area (Å²) in [6.45, 7) is 7.49. The maximum atomic E-state index is 12.2. The molecule has 0 aliphatic carbocycles. The van der Waals surface area contributed by atoms with Gasteiger partial charge in [0.2, 0.25) is 0 Å². The van der Waals surface area contributed by atoms with E-state index in [-0.39, 0.29) is 0 Å².